The third-order valence-corrected chi connectivity index (χ3v) is 4.07. The molecular weight excluding hydrogens is 292 g/mol. The highest BCUT2D eigenvalue weighted by Crippen LogP contribution is 2.29. The molecule has 4 rings (SSSR count). The summed E-state index contributed by atoms with van der Waals surface area (Å²) in [4.78, 5) is 13.0. The highest BCUT2D eigenvalue weighted by Gasteiger charge is 2.12. The van der Waals surface area contributed by atoms with Gasteiger partial charge in [-0.1, -0.05) is 12.1 Å². The normalized spacial score (nSPS) is 11.2. The second-order valence-electron chi connectivity index (χ2n) is 5.32. The molecule has 3 aromatic carbocycles. The third kappa shape index (κ3) is 2.03. The quantitative estimate of drug-likeness (QED) is 0.413. The average Bonchev–Trinajstić information content (AvgIpc) is 2.60. The highest BCUT2D eigenvalue weighted by atomic mass is 16.5. The monoisotopic (exact) mass is 306 g/mol. The molecule has 0 N–H and O–H groups in total. The van der Waals surface area contributed by atoms with Crippen LogP contribution in [0.5, 0.6) is 11.5 Å². The lowest BCUT2D eigenvalue weighted by atomic mass is 10.0. The number of hydrogen-bond donors (Lipinski definition) is 0. The van der Waals surface area contributed by atoms with Gasteiger partial charge in [0.2, 0.25) is 5.43 Å². The summed E-state index contributed by atoms with van der Waals surface area (Å²) < 4.78 is 16.4. The number of rotatable bonds is 2. The van der Waals surface area contributed by atoms with Crippen molar-refractivity contribution >= 4 is 32.7 Å². The van der Waals surface area contributed by atoms with Gasteiger partial charge in [-0.3, -0.25) is 4.79 Å². The van der Waals surface area contributed by atoms with Gasteiger partial charge in [-0.15, -0.1) is 0 Å². The summed E-state index contributed by atoms with van der Waals surface area (Å²) in [6, 6.07) is 14.7. The Kier molecular flexibility index (Phi) is 2.98. The Morgan fingerprint density at radius 1 is 0.783 bits per heavy atom. The number of hydrogen-bond acceptors (Lipinski definition) is 4. The first-order chi connectivity index (χ1) is 11.2. The van der Waals surface area contributed by atoms with Crippen LogP contribution in [0.4, 0.5) is 0 Å². The fourth-order valence-electron chi connectivity index (χ4n) is 2.88. The van der Waals surface area contributed by atoms with Crippen LogP contribution >= 0.6 is 0 Å². The van der Waals surface area contributed by atoms with E-state index in [4.69, 9.17) is 13.9 Å². The van der Waals surface area contributed by atoms with Crippen LogP contribution < -0.4 is 14.9 Å². The van der Waals surface area contributed by atoms with Gasteiger partial charge in [-0.05, 0) is 41.8 Å². The maximum Gasteiger partial charge on any atom is 0.201 e. The van der Waals surface area contributed by atoms with Crippen LogP contribution in [0.3, 0.4) is 0 Å². The van der Waals surface area contributed by atoms with E-state index in [9.17, 15) is 4.79 Å². The van der Waals surface area contributed by atoms with Crippen molar-refractivity contribution in [1.29, 1.82) is 0 Å². The van der Waals surface area contributed by atoms with Gasteiger partial charge >= 0.3 is 0 Å². The Bertz CT molecular complexity index is 1110. The van der Waals surface area contributed by atoms with Crippen molar-refractivity contribution in [1.82, 2.24) is 0 Å². The summed E-state index contributed by atoms with van der Waals surface area (Å²) in [5, 5.41) is 2.85. The van der Waals surface area contributed by atoms with Crippen LogP contribution in [0.15, 0.2) is 57.7 Å². The molecule has 4 aromatic rings. The Labute approximate surface area is 131 Å². The molecule has 0 saturated heterocycles. The molecule has 0 spiro atoms. The van der Waals surface area contributed by atoms with E-state index in [0.29, 0.717) is 33.4 Å². The van der Waals surface area contributed by atoms with E-state index >= 15 is 0 Å². The molecule has 0 bridgehead atoms. The van der Waals surface area contributed by atoms with Crippen molar-refractivity contribution in [2.24, 2.45) is 0 Å². The number of methoxy groups -OCH3 is 2. The molecule has 1 aromatic heterocycles. The van der Waals surface area contributed by atoms with Crippen LogP contribution in [0.25, 0.3) is 32.7 Å². The van der Waals surface area contributed by atoms with Crippen LogP contribution in [0, 0.1) is 0 Å². The molecule has 4 nitrogen and oxygen atoms in total. The van der Waals surface area contributed by atoms with Gasteiger partial charge in [0.15, 0.2) is 0 Å². The molecule has 0 aliphatic rings. The molecule has 0 fully saturated rings. The van der Waals surface area contributed by atoms with Crippen LogP contribution in [-0.4, -0.2) is 14.2 Å². The first kappa shape index (κ1) is 13.6. The van der Waals surface area contributed by atoms with E-state index in [1.54, 1.807) is 32.4 Å². The van der Waals surface area contributed by atoms with Crippen LogP contribution in [-0.2, 0) is 0 Å². The van der Waals surface area contributed by atoms with Crippen molar-refractivity contribution in [3.63, 3.8) is 0 Å². The number of benzene rings is 3. The Hall–Kier alpha value is -3.01. The van der Waals surface area contributed by atoms with Crippen molar-refractivity contribution in [2.45, 2.75) is 0 Å². The van der Waals surface area contributed by atoms with Gasteiger partial charge in [0.25, 0.3) is 0 Å². The van der Waals surface area contributed by atoms with E-state index in [-0.39, 0.29) is 5.43 Å². The fourth-order valence-corrected chi connectivity index (χ4v) is 2.88. The first-order valence-corrected chi connectivity index (χ1v) is 7.22. The minimum absolute atomic E-state index is 0.0704. The van der Waals surface area contributed by atoms with E-state index in [1.807, 2.05) is 30.3 Å². The minimum atomic E-state index is -0.0704. The fraction of sp³-hybridized carbons (Fsp3) is 0.105. The molecule has 0 unspecified atom stereocenters. The summed E-state index contributed by atoms with van der Waals surface area (Å²) >= 11 is 0. The first-order valence-electron chi connectivity index (χ1n) is 7.22. The molecule has 114 valence electrons. The standard InChI is InChI=1S/C19H14O4/c1-21-12-5-3-11-4-7-17-18(14(11)9-12)19(20)15-10-13(22-2)6-8-16(15)23-17/h3-10H,1-2H3. The van der Waals surface area contributed by atoms with Gasteiger partial charge in [0.05, 0.1) is 25.0 Å². The van der Waals surface area contributed by atoms with Gasteiger partial charge in [0, 0.05) is 5.39 Å². The largest absolute Gasteiger partial charge is 0.497 e. The Balaban J connectivity index is 2.21. The highest BCUT2D eigenvalue weighted by molar-refractivity contribution is 6.08. The summed E-state index contributed by atoms with van der Waals surface area (Å²) in [5.41, 5.74) is 1.04. The topological polar surface area (TPSA) is 48.7 Å². The smallest absolute Gasteiger partial charge is 0.201 e. The van der Waals surface area contributed by atoms with E-state index in [1.165, 1.54) is 0 Å². The molecule has 4 heteroatoms. The molecule has 0 aliphatic heterocycles. The predicted molar refractivity (Wildman–Crippen MR) is 90.6 cm³/mol. The zero-order valence-corrected chi connectivity index (χ0v) is 12.8. The summed E-state index contributed by atoms with van der Waals surface area (Å²) in [7, 11) is 3.18. The molecular formula is C19H14O4. The Morgan fingerprint density at radius 3 is 2.13 bits per heavy atom. The maximum absolute atomic E-state index is 13.0. The molecule has 23 heavy (non-hydrogen) atoms. The van der Waals surface area contributed by atoms with E-state index in [0.717, 1.165) is 10.8 Å². The number of fused-ring (bicyclic) bond motifs is 4. The maximum atomic E-state index is 13.0. The lowest BCUT2D eigenvalue weighted by molar-refractivity contribution is 0.415. The summed E-state index contributed by atoms with van der Waals surface area (Å²) in [6.45, 7) is 0. The van der Waals surface area contributed by atoms with Gasteiger partial charge < -0.3 is 13.9 Å². The zero-order chi connectivity index (χ0) is 16.0. The predicted octanol–water partition coefficient (Wildman–Crippen LogP) is 4.12. The summed E-state index contributed by atoms with van der Waals surface area (Å²) in [6.07, 6.45) is 0. The molecule has 0 amide bonds. The van der Waals surface area contributed by atoms with Crippen LogP contribution in [0.2, 0.25) is 0 Å². The second kappa shape index (κ2) is 5.02. The van der Waals surface area contributed by atoms with Crippen molar-refractivity contribution in [3.8, 4) is 11.5 Å². The van der Waals surface area contributed by atoms with Crippen molar-refractivity contribution < 1.29 is 13.9 Å². The number of ether oxygens (including phenoxy) is 2. The van der Waals surface area contributed by atoms with Crippen molar-refractivity contribution in [3.05, 3.63) is 58.8 Å². The van der Waals surface area contributed by atoms with Gasteiger partial charge in [-0.25, -0.2) is 0 Å². The Morgan fingerprint density at radius 2 is 1.39 bits per heavy atom. The molecule has 1 heterocycles. The van der Waals surface area contributed by atoms with Gasteiger partial charge in [0.1, 0.15) is 22.7 Å². The second-order valence-corrected chi connectivity index (χ2v) is 5.32. The SMILES string of the molecule is COc1ccc2oc3ccc4ccc(OC)cc4c3c(=O)c2c1. The lowest BCUT2D eigenvalue weighted by Gasteiger charge is -2.07. The average molecular weight is 306 g/mol. The molecule has 0 atom stereocenters. The molecule has 0 aliphatic carbocycles. The van der Waals surface area contributed by atoms with E-state index < -0.39 is 0 Å². The van der Waals surface area contributed by atoms with E-state index in [2.05, 4.69) is 0 Å². The summed E-state index contributed by atoms with van der Waals surface area (Å²) in [5.74, 6) is 1.33. The lowest BCUT2D eigenvalue weighted by Crippen LogP contribution is -2.03. The van der Waals surface area contributed by atoms with Crippen LogP contribution in [0.1, 0.15) is 0 Å². The van der Waals surface area contributed by atoms with Crippen molar-refractivity contribution in [2.75, 3.05) is 14.2 Å². The molecule has 0 saturated carbocycles. The van der Waals surface area contributed by atoms with Gasteiger partial charge in [-0.2, -0.15) is 0 Å². The zero-order valence-electron chi connectivity index (χ0n) is 12.8. The minimum Gasteiger partial charge on any atom is -0.497 e. The molecule has 0 radical (unpaired) electrons. The third-order valence-electron chi connectivity index (χ3n) is 4.07.